The molecule has 0 saturated carbocycles. The van der Waals surface area contributed by atoms with E-state index in [0.29, 0.717) is 0 Å². The van der Waals surface area contributed by atoms with Gasteiger partial charge in [-0.2, -0.15) is 0 Å². The number of carboxylic acids is 1. The topological polar surface area (TPSA) is 37.3 Å². The summed E-state index contributed by atoms with van der Waals surface area (Å²) in [5.41, 5.74) is 0.187. The van der Waals surface area contributed by atoms with Gasteiger partial charge in [0.2, 0.25) is 0 Å². The first kappa shape index (κ1) is 14.5. The maximum absolute atomic E-state index is 11.2. The average Bonchev–Trinajstić information content (AvgIpc) is 2.24. The summed E-state index contributed by atoms with van der Waals surface area (Å²) < 4.78 is 0. The largest absolute Gasteiger partial charge is 0.481 e. The monoisotopic (exact) mass is 214 g/mol. The molecule has 2 atom stereocenters. The second kappa shape index (κ2) is 6.14. The van der Waals surface area contributed by atoms with Crippen LogP contribution in [0.1, 0.15) is 60.3 Å². The molecule has 2 nitrogen and oxygen atoms in total. The zero-order chi connectivity index (χ0) is 12.1. The molecule has 0 aliphatic rings. The molecule has 0 bridgehead atoms. The number of carboxylic acid groups (broad SMARTS) is 1. The van der Waals surface area contributed by atoms with Crippen molar-refractivity contribution in [2.24, 2.45) is 17.3 Å². The molecule has 0 spiro atoms. The Morgan fingerprint density at radius 1 is 1.27 bits per heavy atom. The lowest BCUT2D eigenvalue weighted by atomic mass is 9.73. The van der Waals surface area contributed by atoms with Crippen molar-refractivity contribution in [3.63, 3.8) is 0 Å². The number of rotatable bonds is 7. The van der Waals surface area contributed by atoms with E-state index in [1.54, 1.807) is 0 Å². The molecule has 2 unspecified atom stereocenters. The molecule has 90 valence electrons. The summed E-state index contributed by atoms with van der Waals surface area (Å²) in [6.07, 6.45) is 3.87. The molecule has 0 amide bonds. The van der Waals surface area contributed by atoms with Crippen LogP contribution in [0.3, 0.4) is 0 Å². The molecular formula is C13H26O2. The van der Waals surface area contributed by atoms with Crippen molar-refractivity contribution in [1.82, 2.24) is 0 Å². The normalized spacial score (nSPS) is 16.1. The minimum absolute atomic E-state index is 0.181. The summed E-state index contributed by atoms with van der Waals surface area (Å²) in [6, 6.07) is 0. The van der Waals surface area contributed by atoms with Crippen molar-refractivity contribution < 1.29 is 9.90 Å². The second-order valence-electron chi connectivity index (χ2n) is 5.05. The Morgan fingerprint density at radius 2 is 1.73 bits per heavy atom. The fraction of sp³-hybridized carbons (Fsp3) is 0.923. The highest BCUT2D eigenvalue weighted by molar-refractivity contribution is 5.70. The maximum Gasteiger partial charge on any atom is 0.306 e. The number of carbonyl (C=O) groups is 1. The fourth-order valence-corrected chi connectivity index (χ4v) is 1.89. The van der Waals surface area contributed by atoms with Gasteiger partial charge in [0.05, 0.1) is 5.92 Å². The lowest BCUT2D eigenvalue weighted by Gasteiger charge is -2.32. The summed E-state index contributed by atoms with van der Waals surface area (Å²) in [6.45, 7) is 10.6. The fourth-order valence-electron chi connectivity index (χ4n) is 1.89. The van der Waals surface area contributed by atoms with Gasteiger partial charge in [0.25, 0.3) is 0 Å². The van der Waals surface area contributed by atoms with Crippen LogP contribution in [0.4, 0.5) is 0 Å². The number of hydrogen-bond donors (Lipinski definition) is 1. The van der Waals surface area contributed by atoms with Gasteiger partial charge in [-0.1, -0.05) is 53.9 Å². The summed E-state index contributed by atoms with van der Waals surface area (Å²) in [7, 11) is 0. The molecule has 1 N–H and O–H groups in total. The van der Waals surface area contributed by atoms with E-state index < -0.39 is 5.97 Å². The standard InChI is InChI=1S/C13H26O2/c1-6-10(4)11(12(14)15)9-13(5,7-2)8-3/h10-11H,6-9H2,1-5H3,(H,14,15). The predicted octanol–water partition coefficient (Wildman–Crippen LogP) is 3.95. The smallest absolute Gasteiger partial charge is 0.306 e. The molecule has 0 aliphatic carbocycles. The molecule has 0 aromatic heterocycles. The van der Waals surface area contributed by atoms with Gasteiger partial charge >= 0.3 is 5.97 Å². The first-order valence-electron chi connectivity index (χ1n) is 6.13. The molecule has 0 aliphatic heterocycles. The van der Waals surface area contributed by atoms with E-state index in [0.717, 1.165) is 25.7 Å². The van der Waals surface area contributed by atoms with Crippen molar-refractivity contribution in [3.8, 4) is 0 Å². The van der Waals surface area contributed by atoms with Crippen LogP contribution in [-0.2, 0) is 4.79 Å². The second-order valence-corrected chi connectivity index (χ2v) is 5.05. The van der Waals surface area contributed by atoms with Crippen LogP contribution >= 0.6 is 0 Å². The quantitative estimate of drug-likeness (QED) is 0.696. The molecule has 0 aromatic carbocycles. The average molecular weight is 214 g/mol. The van der Waals surface area contributed by atoms with E-state index in [2.05, 4.69) is 27.7 Å². The first-order chi connectivity index (χ1) is 6.90. The van der Waals surface area contributed by atoms with Crippen molar-refractivity contribution >= 4 is 5.97 Å². The Hall–Kier alpha value is -0.530. The zero-order valence-corrected chi connectivity index (χ0v) is 10.8. The van der Waals surface area contributed by atoms with E-state index in [1.165, 1.54) is 0 Å². The Kier molecular flexibility index (Phi) is 5.92. The predicted molar refractivity (Wildman–Crippen MR) is 63.9 cm³/mol. The third-order valence-corrected chi connectivity index (χ3v) is 4.07. The van der Waals surface area contributed by atoms with Gasteiger partial charge in [-0.3, -0.25) is 4.79 Å². The molecule has 0 heterocycles. The SMILES string of the molecule is CCC(C)C(CC(C)(CC)CC)C(=O)O. The van der Waals surface area contributed by atoms with Crippen molar-refractivity contribution in [3.05, 3.63) is 0 Å². The van der Waals surface area contributed by atoms with Crippen LogP contribution < -0.4 is 0 Å². The summed E-state index contributed by atoms with van der Waals surface area (Å²) >= 11 is 0. The highest BCUT2D eigenvalue weighted by Gasteiger charge is 2.31. The Morgan fingerprint density at radius 3 is 2.00 bits per heavy atom. The number of aliphatic carboxylic acids is 1. The Labute approximate surface area is 94.1 Å². The van der Waals surface area contributed by atoms with Gasteiger partial charge in [0.1, 0.15) is 0 Å². The van der Waals surface area contributed by atoms with Gasteiger partial charge in [-0.25, -0.2) is 0 Å². The van der Waals surface area contributed by atoms with E-state index in [9.17, 15) is 9.90 Å². The summed E-state index contributed by atoms with van der Waals surface area (Å²) in [5, 5.41) is 9.23. The van der Waals surface area contributed by atoms with Crippen LogP contribution in [0.25, 0.3) is 0 Å². The lowest BCUT2D eigenvalue weighted by Crippen LogP contribution is -2.28. The molecule has 0 rings (SSSR count). The van der Waals surface area contributed by atoms with Gasteiger partial charge < -0.3 is 5.11 Å². The molecule has 0 aromatic rings. The molecular weight excluding hydrogens is 188 g/mol. The Bertz CT molecular complexity index is 195. The number of hydrogen-bond acceptors (Lipinski definition) is 1. The maximum atomic E-state index is 11.2. The van der Waals surface area contributed by atoms with Crippen molar-refractivity contribution in [2.75, 3.05) is 0 Å². The third-order valence-electron chi connectivity index (χ3n) is 4.07. The van der Waals surface area contributed by atoms with Crippen molar-refractivity contribution in [1.29, 1.82) is 0 Å². The molecule has 15 heavy (non-hydrogen) atoms. The lowest BCUT2D eigenvalue weighted by molar-refractivity contribution is -0.145. The highest BCUT2D eigenvalue weighted by atomic mass is 16.4. The van der Waals surface area contributed by atoms with Gasteiger partial charge in [0, 0.05) is 0 Å². The van der Waals surface area contributed by atoms with Crippen LogP contribution in [0.5, 0.6) is 0 Å². The highest BCUT2D eigenvalue weighted by Crippen LogP contribution is 2.36. The van der Waals surface area contributed by atoms with E-state index in [-0.39, 0.29) is 17.3 Å². The van der Waals surface area contributed by atoms with E-state index in [1.807, 2.05) is 6.92 Å². The molecule has 0 fully saturated rings. The molecule has 2 heteroatoms. The zero-order valence-electron chi connectivity index (χ0n) is 10.8. The third kappa shape index (κ3) is 4.23. The molecule has 0 radical (unpaired) electrons. The van der Waals surface area contributed by atoms with E-state index >= 15 is 0 Å². The van der Waals surface area contributed by atoms with Crippen LogP contribution in [0.2, 0.25) is 0 Å². The van der Waals surface area contributed by atoms with Gasteiger partial charge in [-0.15, -0.1) is 0 Å². The Balaban J connectivity index is 4.60. The van der Waals surface area contributed by atoms with E-state index in [4.69, 9.17) is 0 Å². The summed E-state index contributed by atoms with van der Waals surface area (Å²) in [5.74, 6) is -0.530. The molecule has 0 saturated heterocycles. The summed E-state index contributed by atoms with van der Waals surface area (Å²) in [4.78, 5) is 11.2. The minimum atomic E-state index is -0.627. The first-order valence-corrected chi connectivity index (χ1v) is 6.13. The van der Waals surface area contributed by atoms with Crippen LogP contribution in [-0.4, -0.2) is 11.1 Å². The van der Waals surface area contributed by atoms with Crippen LogP contribution in [0.15, 0.2) is 0 Å². The van der Waals surface area contributed by atoms with Gasteiger partial charge in [-0.05, 0) is 17.8 Å². The minimum Gasteiger partial charge on any atom is -0.481 e. The van der Waals surface area contributed by atoms with Gasteiger partial charge in [0.15, 0.2) is 0 Å². The van der Waals surface area contributed by atoms with Crippen LogP contribution in [0, 0.1) is 17.3 Å². The van der Waals surface area contributed by atoms with Crippen molar-refractivity contribution in [2.45, 2.75) is 60.3 Å².